The average Bonchev–Trinajstić information content (AvgIpc) is 2.26. The summed E-state index contributed by atoms with van der Waals surface area (Å²) < 4.78 is 18.5. The number of ether oxygens (including phenoxy) is 1. The molecule has 6 heteroatoms. The minimum Gasteiger partial charge on any atom is -0.447 e. The van der Waals surface area contributed by atoms with Gasteiger partial charge in [-0.05, 0) is 19.9 Å². The zero-order valence-electron chi connectivity index (χ0n) is 10.2. The molecule has 1 amide bonds. The predicted molar refractivity (Wildman–Crippen MR) is 70.7 cm³/mol. The van der Waals surface area contributed by atoms with E-state index in [1.807, 2.05) is 0 Å². The van der Waals surface area contributed by atoms with Gasteiger partial charge in [-0.15, -0.1) is 0 Å². The summed E-state index contributed by atoms with van der Waals surface area (Å²) in [5, 5.41) is 2.45. The Morgan fingerprint density at radius 3 is 2.72 bits per heavy atom. The molecule has 1 rings (SSSR count). The second-order valence-electron chi connectivity index (χ2n) is 3.98. The number of carbonyl (C=O) groups is 1. The van der Waals surface area contributed by atoms with Gasteiger partial charge in [-0.2, -0.15) is 0 Å². The lowest BCUT2D eigenvalue weighted by atomic mass is 10.1. The highest BCUT2D eigenvalue weighted by Gasteiger charge is 2.08. The number of rotatable bonds is 4. The third kappa shape index (κ3) is 4.29. The van der Waals surface area contributed by atoms with Crippen molar-refractivity contribution in [1.82, 2.24) is 5.32 Å². The Morgan fingerprint density at radius 1 is 1.56 bits per heavy atom. The Kier molecular flexibility index (Phi) is 5.03. The molecular formula is C12H15FN2O2S. The first kappa shape index (κ1) is 14.4. The lowest BCUT2D eigenvalue weighted by Gasteiger charge is -2.10. The topological polar surface area (TPSA) is 64.3 Å². The van der Waals surface area contributed by atoms with E-state index in [4.69, 9.17) is 22.7 Å². The monoisotopic (exact) mass is 270 g/mol. The van der Waals surface area contributed by atoms with Crippen LogP contribution in [0.3, 0.4) is 0 Å². The SMILES string of the molecule is CC(C)OC(=O)NCc1ccc(C(N)=S)cc1F. The van der Waals surface area contributed by atoms with Crippen LogP contribution in [0.5, 0.6) is 0 Å². The second-order valence-corrected chi connectivity index (χ2v) is 4.42. The number of hydrogen-bond donors (Lipinski definition) is 2. The highest BCUT2D eigenvalue weighted by molar-refractivity contribution is 7.80. The van der Waals surface area contributed by atoms with Crippen LogP contribution in [0.15, 0.2) is 18.2 Å². The summed E-state index contributed by atoms with van der Waals surface area (Å²) in [5.74, 6) is -0.467. The summed E-state index contributed by atoms with van der Waals surface area (Å²) in [5.41, 5.74) is 6.18. The zero-order valence-corrected chi connectivity index (χ0v) is 11.0. The van der Waals surface area contributed by atoms with Crippen LogP contribution in [0.4, 0.5) is 9.18 Å². The maximum absolute atomic E-state index is 13.6. The Morgan fingerprint density at radius 2 is 2.22 bits per heavy atom. The van der Waals surface area contributed by atoms with Gasteiger partial charge >= 0.3 is 6.09 Å². The summed E-state index contributed by atoms with van der Waals surface area (Å²) in [6, 6.07) is 4.38. The molecule has 0 aromatic heterocycles. The van der Waals surface area contributed by atoms with Gasteiger partial charge in [-0.25, -0.2) is 9.18 Å². The first-order valence-corrected chi connectivity index (χ1v) is 5.83. The molecule has 0 aliphatic heterocycles. The normalized spacial score (nSPS) is 10.2. The Balaban J connectivity index is 2.63. The average molecular weight is 270 g/mol. The van der Waals surface area contributed by atoms with Crippen molar-refractivity contribution in [2.75, 3.05) is 0 Å². The number of carbonyl (C=O) groups excluding carboxylic acids is 1. The highest BCUT2D eigenvalue weighted by Crippen LogP contribution is 2.10. The largest absolute Gasteiger partial charge is 0.447 e. The van der Waals surface area contributed by atoms with Crippen LogP contribution in [-0.2, 0) is 11.3 Å². The van der Waals surface area contributed by atoms with E-state index in [1.54, 1.807) is 19.9 Å². The first-order valence-electron chi connectivity index (χ1n) is 5.43. The van der Waals surface area contributed by atoms with E-state index < -0.39 is 11.9 Å². The van der Waals surface area contributed by atoms with Crippen molar-refractivity contribution < 1.29 is 13.9 Å². The molecule has 1 aromatic carbocycles. The van der Waals surface area contributed by atoms with Crippen LogP contribution in [-0.4, -0.2) is 17.2 Å². The predicted octanol–water partition coefficient (Wildman–Crippen LogP) is 2.09. The Hall–Kier alpha value is -1.69. The fourth-order valence-electron chi connectivity index (χ4n) is 1.27. The zero-order chi connectivity index (χ0) is 13.7. The summed E-state index contributed by atoms with van der Waals surface area (Å²) in [7, 11) is 0. The molecule has 4 nitrogen and oxygen atoms in total. The molecule has 0 saturated carbocycles. The van der Waals surface area contributed by atoms with Crippen molar-refractivity contribution in [3.8, 4) is 0 Å². The number of thiocarbonyl (C=S) groups is 1. The van der Waals surface area contributed by atoms with Crippen molar-refractivity contribution in [3.63, 3.8) is 0 Å². The van der Waals surface area contributed by atoms with Gasteiger partial charge in [0.2, 0.25) is 0 Å². The molecule has 0 atom stereocenters. The number of benzene rings is 1. The number of nitrogens with one attached hydrogen (secondary N) is 1. The Bertz CT molecular complexity index is 463. The van der Waals surface area contributed by atoms with E-state index in [0.717, 1.165) is 0 Å². The van der Waals surface area contributed by atoms with Crippen LogP contribution in [0.2, 0.25) is 0 Å². The van der Waals surface area contributed by atoms with Crippen molar-refractivity contribution >= 4 is 23.3 Å². The third-order valence-corrected chi connectivity index (χ3v) is 2.34. The quantitative estimate of drug-likeness (QED) is 0.822. The van der Waals surface area contributed by atoms with Crippen LogP contribution < -0.4 is 11.1 Å². The van der Waals surface area contributed by atoms with Gasteiger partial charge in [-0.3, -0.25) is 0 Å². The first-order chi connectivity index (χ1) is 8.40. The number of nitrogens with two attached hydrogens (primary N) is 1. The van der Waals surface area contributed by atoms with Gasteiger partial charge in [0.25, 0.3) is 0 Å². The number of amides is 1. The number of hydrogen-bond acceptors (Lipinski definition) is 3. The summed E-state index contributed by atoms with van der Waals surface area (Å²) in [6.07, 6.45) is -0.797. The van der Waals surface area contributed by atoms with E-state index in [0.29, 0.717) is 11.1 Å². The molecule has 0 fully saturated rings. The van der Waals surface area contributed by atoms with Crippen molar-refractivity contribution in [1.29, 1.82) is 0 Å². The maximum Gasteiger partial charge on any atom is 0.407 e. The molecule has 0 heterocycles. The third-order valence-electron chi connectivity index (χ3n) is 2.10. The number of halogens is 1. The van der Waals surface area contributed by atoms with Crippen molar-refractivity contribution in [2.24, 2.45) is 5.73 Å². The van der Waals surface area contributed by atoms with E-state index in [2.05, 4.69) is 5.32 Å². The molecule has 0 spiro atoms. The van der Waals surface area contributed by atoms with Gasteiger partial charge in [0.15, 0.2) is 0 Å². The molecule has 1 aromatic rings. The van der Waals surface area contributed by atoms with Crippen LogP contribution in [0, 0.1) is 5.82 Å². The molecule has 0 unspecified atom stereocenters. The molecule has 0 bridgehead atoms. The lowest BCUT2D eigenvalue weighted by Crippen LogP contribution is -2.26. The molecule has 0 aliphatic rings. The second kappa shape index (κ2) is 6.30. The molecule has 3 N–H and O–H groups in total. The van der Waals surface area contributed by atoms with Gasteiger partial charge in [0.1, 0.15) is 10.8 Å². The molecular weight excluding hydrogens is 255 g/mol. The fourth-order valence-corrected chi connectivity index (χ4v) is 1.39. The van der Waals surface area contributed by atoms with E-state index in [1.165, 1.54) is 12.1 Å². The van der Waals surface area contributed by atoms with Gasteiger partial charge in [0, 0.05) is 17.7 Å². The van der Waals surface area contributed by atoms with Crippen molar-refractivity contribution in [3.05, 3.63) is 35.1 Å². The minimum atomic E-state index is -0.581. The molecule has 98 valence electrons. The van der Waals surface area contributed by atoms with Gasteiger partial charge in [0.05, 0.1) is 6.10 Å². The molecule has 0 aliphatic carbocycles. The van der Waals surface area contributed by atoms with E-state index in [9.17, 15) is 9.18 Å². The summed E-state index contributed by atoms with van der Waals surface area (Å²) in [4.78, 5) is 11.3. The van der Waals surface area contributed by atoms with Crippen LogP contribution in [0.25, 0.3) is 0 Å². The van der Waals surface area contributed by atoms with Crippen LogP contribution in [0.1, 0.15) is 25.0 Å². The minimum absolute atomic E-state index is 0.0506. The summed E-state index contributed by atoms with van der Waals surface area (Å²) >= 11 is 4.74. The molecule has 0 radical (unpaired) electrons. The van der Waals surface area contributed by atoms with Gasteiger partial charge in [-0.1, -0.05) is 24.4 Å². The lowest BCUT2D eigenvalue weighted by molar-refractivity contribution is 0.115. The van der Waals surface area contributed by atoms with E-state index >= 15 is 0 Å². The standard InChI is InChI=1S/C12H15FN2O2S/c1-7(2)17-12(16)15-6-9-4-3-8(11(14)18)5-10(9)13/h3-5,7H,6H2,1-2H3,(H2,14,18)(H,15,16). The summed E-state index contributed by atoms with van der Waals surface area (Å²) in [6.45, 7) is 3.52. The highest BCUT2D eigenvalue weighted by atomic mass is 32.1. The maximum atomic E-state index is 13.6. The smallest absolute Gasteiger partial charge is 0.407 e. The van der Waals surface area contributed by atoms with Crippen LogP contribution >= 0.6 is 12.2 Å². The fraction of sp³-hybridized carbons (Fsp3) is 0.333. The van der Waals surface area contributed by atoms with Crippen molar-refractivity contribution in [2.45, 2.75) is 26.5 Å². The number of alkyl carbamates (subject to hydrolysis) is 1. The molecule has 18 heavy (non-hydrogen) atoms. The van der Waals surface area contributed by atoms with E-state index in [-0.39, 0.29) is 17.6 Å². The Labute approximate surface area is 110 Å². The van der Waals surface area contributed by atoms with Gasteiger partial charge < -0.3 is 15.8 Å². The molecule has 0 saturated heterocycles.